The Kier molecular flexibility index (Phi) is 2.77. The van der Waals surface area contributed by atoms with Crippen molar-refractivity contribution < 1.29 is 15.0 Å². The fraction of sp³-hybridized carbons (Fsp3) is 0.471. The predicted octanol–water partition coefficient (Wildman–Crippen LogP) is 3.06. The number of carbonyl (C=O) groups is 1. The molecule has 1 amide bonds. The van der Waals surface area contributed by atoms with Crippen molar-refractivity contribution >= 4 is 17.3 Å². The number of amides is 1. The Morgan fingerprint density at radius 3 is 2.91 bits per heavy atom. The maximum Gasteiger partial charge on any atom is 0.410 e. The van der Waals surface area contributed by atoms with Gasteiger partial charge in [-0.3, -0.25) is 0 Å². The molecule has 2 aromatic rings. The van der Waals surface area contributed by atoms with Gasteiger partial charge in [-0.05, 0) is 56.9 Å². The van der Waals surface area contributed by atoms with E-state index in [1.54, 1.807) is 37.5 Å². The van der Waals surface area contributed by atoms with Crippen molar-refractivity contribution in [2.45, 2.75) is 39.7 Å². The standard InChI is InChI=1S/C17H22N4O2/c1-12-9-15-18-11-19-21(15)10-14(12)13-5-7-20(8-6-13)16(22)23-17(2,3)4/h5,9-11H,6-8H2,1-4H3/i7D2,8D2. The third-order valence-electron chi connectivity index (χ3n) is 3.34. The summed E-state index contributed by atoms with van der Waals surface area (Å²) in [6.07, 6.45) is 3.17. The summed E-state index contributed by atoms with van der Waals surface area (Å²) in [5.74, 6) is 0. The van der Waals surface area contributed by atoms with Crippen molar-refractivity contribution in [3.05, 3.63) is 35.8 Å². The number of aryl methyl sites for hydroxylation is 1. The van der Waals surface area contributed by atoms with Crippen LogP contribution in [0.4, 0.5) is 4.79 Å². The van der Waals surface area contributed by atoms with E-state index in [1.807, 2.05) is 6.92 Å². The van der Waals surface area contributed by atoms with Crippen molar-refractivity contribution in [3.8, 4) is 0 Å². The Morgan fingerprint density at radius 2 is 2.22 bits per heavy atom. The first-order valence-electron chi connectivity index (χ1n) is 9.36. The molecule has 1 aliphatic rings. The van der Waals surface area contributed by atoms with Crippen molar-refractivity contribution in [2.24, 2.45) is 0 Å². The first kappa shape index (κ1) is 11.2. The Balaban J connectivity index is 2.05. The fourth-order valence-electron chi connectivity index (χ4n) is 2.29. The third kappa shape index (κ3) is 3.36. The van der Waals surface area contributed by atoms with Gasteiger partial charge < -0.3 is 9.64 Å². The molecule has 1 aliphatic heterocycles. The molecular weight excluding hydrogens is 292 g/mol. The number of nitrogens with zero attached hydrogens (tertiary/aromatic N) is 4. The summed E-state index contributed by atoms with van der Waals surface area (Å²) < 4.78 is 40.0. The zero-order chi connectivity index (χ0) is 20.2. The van der Waals surface area contributed by atoms with Gasteiger partial charge in [0.2, 0.25) is 0 Å². The van der Waals surface area contributed by atoms with Crippen LogP contribution >= 0.6 is 0 Å². The van der Waals surface area contributed by atoms with Crippen molar-refractivity contribution in [1.82, 2.24) is 19.5 Å². The minimum Gasteiger partial charge on any atom is -0.444 e. The molecular formula is C17H22N4O2. The molecule has 0 N–H and O–H groups in total. The molecule has 0 unspecified atom stereocenters. The van der Waals surface area contributed by atoms with Gasteiger partial charge >= 0.3 is 6.09 Å². The van der Waals surface area contributed by atoms with Crippen LogP contribution < -0.4 is 0 Å². The average Bonchev–Trinajstić information content (AvgIpc) is 2.88. The second-order valence-electron chi connectivity index (χ2n) is 6.38. The lowest BCUT2D eigenvalue weighted by Crippen LogP contribution is -2.39. The van der Waals surface area contributed by atoms with E-state index in [0.29, 0.717) is 21.7 Å². The number of hydrogen-bond donors (Lipinski definition) is 0. The highest BCUT2D eigenvalue weighted by Crippen LogP contribution is 2.26. The zero-order valence-electron chi connectivity index (χ0n) is 17.6. The summed E-state index contributed by atoms with van der Waals surface area (Å²) in [5, 5.41) is 4.08. The number of hydrogen-bond acceptors (Lipinski definition) is 4. The normalized spacial score (nSPS) is 22.6. The van der Waals surface area contributed by atoms with E-state index in [2.05, 4.69) is 10.1 Å². The summed E-state index contributed by atoms with van der Waals surface area (Å²) in [5.41, 5.74) is 1.72. The summed E-state index contributed by atoms with van der Waals surface area (Å²) in [6, 6.07) is 1.80. The summed E-state index contributed by atoms with van der Waals surface area (Å²) in [6.45, 7) is 2.17. The minimum absolute atomic E-state index is 0.174. The van der Waals surface area contributed by atoms with Crippen molar-refractivity contribution in [1.29, 1.82) is 0 Å². The Morgan fingerprint density at radius 1 is 1.43 bits per heavy atom. The molecule has 3 rings (SSSR count). The largest absolute Gasteiger partial charge is 0.444 e. The fourth-order valence-corrected chi connectivity index (χ4v) is 2.29. The number of aromatic nitrogens is 3. The molecule has 0 aliphatic carbocycles. The number of carbonyl (C=O) groups excluding carboxylic acids is 1. The lowest BCUT2D eigenvalue weighted by atomic mass is 9.97. The molecule has 3 heterocycles. The second kappa shape index (κ2) is 5.68. The minimum atomic E-state index is -2.36. The number of ether oxygens (including phenoxy) is 1. The van der Waals surface area contributed by atoms with Crippen molar-refractivity contribution in [3.63, 3.8) is 0 Å². The Labute approximate surface area is 141 Å². The first-order chi connectivity index (χ1) is 12.3. The van der Waals surface area contributed by atoms with Gasteiger partial charge in [0.1, 0.15) is 11.9 Å². The van der Waals surface area contributed by atoms with Gasteiger partial charge in [-0.2, -0.15) is 5.10 Å². The third-order valence-corrected chi connectivity index (χ3v) is 3.34. The van der Waals surface area contributed by atoms with Crippen LogP contribution in [0.15, 0.2) is 24.7 Å². The van der Waals surface area contributed by atoms with Crippen LogP contribution in [-0.2, 0) is 4.74 Å². The highest BCUT2D eigenvalue weighted by Gasteiger charge is 2.24. The number of rotatable bonds is 1. The van der Waals surface area contributed by atoms with E-state index in [-0.39, 0.29) is 6.42 Å². The quantitative estimate of drug-likeness (QED) is 0.811. The zero-order valence-corrected chi connectivity index (χ0v) is 13.6. The van der Waals surface area contributed by atoms with E-state index < -0.39 is 24.7 Å². The predicted molar refractivity (Wildman–Crippen MR) is 88.1 cm³/mol. The van der Waals surface area contributed by atoms with Gasteiger partial charge in [-0.25, -0.2) is 14.3 Å². The lowest BCUT2D eigenvalue weighted by Gasteiger charge is -2.29. The van der Waals surface area contributed by atoms with Crippen LogP contribution in [0.25, 0.3) is 11.2 Å². The van der Waals surface area contributed by atoms with Crippen LogP contribution in [0.2, 0.25) is 0 Å². The van der Waals surface area contributed by atoms with Crippen LogP contribution in [0, 0.1) is 6.92 Å². The highest BCUT2D eigenvalue weighted by molar-refractivity contribution is 5.74. The number of fused-ring (bicyclic) bond motifs is 1. The number of pyridine rings is 1. The molecule has 0 fully saturated rings. The van der Waals surface area contributed by atoms with E-state index in [0.717, 1.165) is 5.56 Å². The summed E-state index contributed by atoms with van der Waals surface area (Å²) >= 11 is 0. The average molecular weight is 318 g/mol. The van der Waals surface area contributed by atoms with E-state index in [1.165, 1.54) is 12.4 Å². The van der Waals surface area contributed by atoms with Gasteiger partial charge in [0.15, 0.2) is 5.65 Å². The smallest absolute Gasteiger partial charge is 0.410 e. The Hall–Kier alpha value is -2.37. The second-order valence-corrected chi connectivity index (χ2v) is 6.38. The van der Waals surface area contributed by atoms with Gasteiger partial charge in [0, 0.05) is 21.9 Å². The van der Waals surface area contributed by atoms with E-state index >= 15 is 0 Å². The molecule has 6 nitrogen and oxygen atoms in total. The molecule has 0 bridgehead atoms. The molecule has 122 valence electrons. The topological polar surface area (TPSA) is 59.7 Å². The molecule has 2 aromatic heterocycles. The molecule has 0 aromatic carbocycles. The summed E-state index contributed by atoms with van der Waals surface area (Å²) in [7, 11) is 0. The van der Waals surface area contributed by atoms with Gasteiger partial charge in [-0.15, -0.1) is 0 Å². The molecule has 0 spiro atoms. The molecule has 6 heteroatoms. The van der Waals surface area contributed by atoms with Crippen molar-refractivity contribution in [2.75, 3.05) is 13.0 Å². The molecule has 23 heavy (non-hydrogen) atoms. The van der Waals surface area contributed by atoms with Crippen LogP contribution in [0.1, 0.15) is 43.8 Å². The first-order valence-corrected chi connectivity index (χ1v) is 7.36. The van der Waals surface area contributed by atoms with Gasteiger partial charge in [0.05, 0.1) is 2.74 Å². The monoisotopic (exact) mass is 318 g/mol. The van der Waals surface area contributed by atoms with Crippen LogP contribution in [-0.4, -0.2) is 44.2 Å². The van der Waals surface area contributed by atoms with E-state index in [9.17, 15) is 4.79 Å². The van der Waals surface area contributed by atoms with E-state index in [4.69, 9.17) is 10.2 Å². The molecule has 0 atom stereocenters. The molecule has 0 radical (unpaired) electrons. The highest BCUT2D eigenvalue weighted by atomic mass is 16.6. The maximum absolute atomic E-state index is 12.5. The lowest BCUT2D eigenvalue weighted by molar-refractivity contribution is 0.0270. The SMILES string of the molecule is [2H]C1([2H])C=C(c2cn3ncnc3cc2C)CC([2H])([2H])N1C(=O)OC(C)(C)C. The van der Waals surface area contributed by atoms with Gasteiger partial charge in [0.25, 0.3) is 0 Å². The Bertz CT molecular complexity index is 931. The maximum atomic E-state index is 12.5. The molecule has 0 saturated carbocycles. The van der Waals surface area contributed by atoms with Crippen LogP contribution in [0.3, 0.4) is 0 Å². The molecule has 0 saturated heterocycles. The van der Waals surface area contributed by atoms with Crippen LogP contribution in [0.5, 0.6) is 0 Å². The summed E-state index contributed by atoms with van der Waals surface area (Å²) in [4.78, 5) is 17.1. The van der Waals surface area contributed by atoms with Gasteiger partial charge in [-0.1, -0.05) is 6.08 Å².